The van der Waals surface area contributed by atoms with E-state index in [1.165, 1.54) is 0 Å². The van der Waals surface area contributed by atoms with Gasteiger partial charge in [0.1, 0.15) is 0 Å². The highest BCUT2D eigenvalue weighted by atomic mass is 35.5. The molecule has 0 aliphatic rings. The highest BCUT2D eigenvalue weighted by Gasteiger charge is 2.00. The molecule has 1 aromatic carbocycles. The van der Waals surface area contributed by atoms with Crippen molar-refractivity contribution < 1.29 is 0 Å². The van der Waals surface area contributed by atoms with E-state index in [0.717, 1.165) is 24.1 Å². The van der Waals surface area contributed by atoms with Gasteiger partial charge in [-0.05, 0) is 31.7 Å². The Labute approximate surface area is 95.8 Å². The van der Waals surface area contributed by atoms with E-state index in [2.05, 4.69) is 17.2 Å². The van der Waals surface area contributed by atoms with Crippen molar-refractivity contribution >= 4 is 17.3 Å². The molecule has 0 radical (unpaired) electrons. The Hall–Kier alpha value is -1.17. The molecule has 0 amide bonds. The largest absolute Gasteiger partial charge is 0.397 e. The van der Waals surface area contributed by atoms with Crippen molar-refractivity contribution in [2.24, 2.45) is 0 Å². The van der Waals surface area contributed by atoms with Gasteiger partial charge in [-0.25, -0.2) is 0 Å². The molecule has 0 saturated carbocycles. The van der Waals surface area contributed by atoms with E-state index >= 15 is 0 Å². The quantitative estimate of drug-likeness (QED) is 0.457. The number of nitrogens with two attached hydrogens (primary N) is 1. The molecule has 0 aliphatic carbocycles. The van der Waals surface area contributed by atoms with Gasteiger partial charge in [0.15, 0.2) is 0 Å². The van der Waals surface area contributed by atoms with Crippen LogP contribution in [0.4, 0.5) is 5.69 Å². The summed E-state index contributed by atoms with van der Waals surface area (Å²) in [6.07, 6.45) is 0.831. The Morgan fingerprint density at radius 1 is 1.47 bits per heavy atom. The number of nitrogens with one attached hydrogen (secondary N) is 1. The van der Waals surface area contributed by atoms with Crippen molar-refractivity contribution in [3.8, 4) is 11.8 Å². The van der Waals surface area contributed by atoms with E-state index in [0.29, 0.717) is 10.7 Å². The molecule has 0 unspecified atom stereocenters. The van der Waals surface area contributed by atoms with Crippen LogP contribution in [-0.2, 0) is 0 Å². The lowest BCUT2D eigenvalue weighted by molar-refractivity contribution is 0.818. The number of benzene rings is 1. The first kappa shape index (κ1) is 11.9. The molecule has 1 rings (SSSR count). The van der Waals surface area contributed by atoms with Crippen molar-refractivity contribution in [2.75, 3.05) is 19.3 Å². The standard InChI is InChI=1S/C12H15ClN2/c1-9-7-10(5-3-4-6-15-2)8-11(13)12(9)14/h7-8,15H,4,6,14H2,1-2H3. The molecule has 0 heterocycles. The number of nitrogen functional groups attached to an aromatic ring is 1. The fourth-order valence-corrected chi connectivity index (χ4v) is 1.45. The topological polar surface area (TPSA) is 38.0 Å². The lowest BCUT2D eigenvalue weighted by Gasteiger charge is -2.02. The maximum atomic E-state index is 5.95. The van der Waals surface area contributed by atoms with Crippen LogP contribution in [0.3, 0.4) is 0 Å². The normalized spacial score (nSPS) is 9.53. The fraction of sp³-hybridized carbons (Fsp3) is 0.333. The van der Waals surface area contributed by atoms with Gasteiger partial charge in [0.25, 0.3) is 0 Å². The van der Waals surface area contributed by atoms with Crippen molar-refractivity contribution in [1.82, 2.24) is 5.32 Å². The molecule has 3 N–H and O–H groups in total. The number of anilines is 1. The fourth-order valence-electron chi connectivity index (χ4n) is 1.18. The van der Waals surface area contributed by atoms with Crippen molar-refractivity contribution in [3.63, 3.8) is 0 Å². The summed E-state index contributed by atoms with van der Waals surface area (Å²) in [5, 5.41) is 3.61. The summed E-state index contributed by atoms with van der Waals surface area (Å²) < 4.78 is 0. The molecule has 0 aliphatic heterocycles. The van der Waals surface area contributed by atoms with Crippen LogP contribution in [-0.4, -0.2) is 13.6 Å². The second-order valence-electron chi connectivity index (χ2n) is 3.34. The summed E-state index contributed by atoms with van der Waals surface area (Å²) in [6, 6.07) is 3.75. The van der Waals surface area contributed by atoms with Crippen molar-refractivity contribution in [3.05, 3.63) is 28.3 Å². The Morgan fingerprint density at radius 2 is 2.20 bits per heavy atom. The molecule has 0 atom stereocenters. The summed E-state index contributed by atoms with van der Waals surface area (Å²) in [7, 11) is 1.91. The minimum Gasteiger partial charge on any atom is -0.397 e. The van der Waals surface area contributed by atoms with Gasteiger partial charge in [-0.3, -0.25) is 0 Å². The molecule has 80 valence electrons. The third-order valence-corrected chi connectivity index (χ3v) is 2.38. The summed E-state index contributed by atoms with van der Waals surface area (Å²) in [5.41, 5.74) is 8.27. The van der Waals surface area contributed by atoms with Gasteiger partial charge < -0.3 is 11.1 Å². The molecule has 2 nitrogen and oxygen atoms in total. The smallest absolute Gasteiger partial charge is 0.0650 e. The van der Waals surface area contributed by atoms with Crippen LogP contribution >= 0.6 is 11.6 Å². The molecule has 1 aromatic rings. The predicted octanol–water partition coefficient (Wildman–Crippen LogP) is 2.19. The summed E-state index contributed by atoms with van der Waals surface area (Å²) in [5.74, 6) is 6.12. The number of aryl methyl sites for hydroxylation is 1. The van der Waals surface area contributed by atoms with Gasteiger partial charge in [0, 0.05) is 18.5 Å². The lowest BCUT2D eigenvalue weighted by Crippen LogP contribution is -2.05. The van der Waals surface area contributed by atoms with E-state index in [-0.39, 0.29) is 0 Å². The highest BCUT2D eigenvalue weighted by Crippen LogP contribution is 2.23. The van der Waals surface area contributed by atoms with Crippen molar-refractivity contribution in [2.45, 2.75) is 13.3 Å². The van der Waals surface area contributed by atoms with E-state index in [1.54, 1.807) is 6.07 Å². The van der Waals surface area contributed by atoms with Crippen LogP contribution in [0.1, 0.15) is 17.5 Å². The third-order valence-electron chi connectivity index (χ3n) is 2.07. The maximum Gasteiger partial charge on any atom is 0.0650 e. The zero-order valence-electron chi connectivity index (χ0n) is 9.02. The zero-order valence-corrected chi connectivity index (χ0v) is 9.78. The third kappa shape index (κ3) is 3.47. The second-order valence-corrected chi connectivity index (χ2v) is 3.75. The summed E-state index contributed by atoms with van der Waals surface area (Å²) >= 11 is 5.95. The first-order valence-electron chi connectivity index (χ1n) is 4.84. The van der Waals surface area contributed by atoms with Crippen LogP contribution in [0.25, 0.3) is 0 Å². The van der Waals surface area contributed by atoms with Crippen LogP contribution in [0.5, 0.6) is 0 Å². The maximum absolute atomic E-state index is 5.95. The van der Waals surface area contributed by atoms with E-state index in [1.807, 2.05) is 20.0 Å². The average molecular weight is 223 g/mol. The zero-order chi connectivity index (χ0) is 11.3. The average Bonchev–Trinajstić information content (AvgIpc) is 2.21. The van der Waals surface area contributed by atoms with Crippen molar-refractivity contribution in [1.29, 1.82) is 0 Å². The van der Waals surface area contributed by atoms with E-state index in [9.17, 15) is 0 Å². The van der Waals surface area contributed by atoms with Crippen LogP contribution < -0.4 is 11.1 Å². The monoisotopic (exact) mass is 222 g/mol. The van der Waals surface area contributed by atoms with Gasteiger partial charge in [-0.2, -0.15) is 0 Å². The second kappa shape index (κ2) is 5.65. The van der Waals surface area contributed by atoms with E-state index < -0.39 is 0 Å². The Bertz CT molecular complexity index is 379. The molecular weight excluding hydrogens is 208 g/mol. The van der Waals surface area contributed by atoms with Gasteiger partial charge in [-0.15, -0.1) is 0 Å². The van der Waals surface area contributed by atoms with Crippen LogP contribution in [0.15, 0.2) is 12.1 Å². The minimum absolute atomic E-state index is 0.577. The molecule has 15 heavy (non-hydrogen) atoms. The summed E-state index contributed by atoms with van der Waals surface area (Å²) in [6.45, 7) is 2.83. The highest BCUT2D eigenvalue weighted by molar-refractivity contribution is 6.33. The van der Waals surface area contributed by atoms with Crippen LogP contribution in [0, 0.1) is 18.8 Å². The Morgan fingerprint density at radius 3 is 2.80 bits per heavy atom. The van der Waals surface area contributed by atoms with Gasteiger partial charge in [-0.1, -0.05) is 23.4 Å². The number of halogens is 1. The predicted molar refractivity (Wildman–Crippen MR) is 66.0 cm³/mol. The molecule has 0 saturated heterocycles. The number of hydrogen-bond acceptors (Lipinski definition) is 2. The summed E-state index contributed by atoms with van der Waals surface area (Å²) in [4.78, 5) is 0. The van der Waals surface area contributed by atoms with Gasteiger partial charge in [0.2, 0.25) is 0 Å². The molecule has 0 spiro atoms. The lowest BCUT2D eigenvalue weighted by atomic mass is 10.1. The van der Waals surface area contributed by atoms with Gasteiger partial charge >= 0.3 is 0 Å². The molecule has 0 fully saturated rings. The first-order chi connectivity index (χ1) is 7.15. The Balaban J connectivity index is 2.81. The molecular formula is C12H15ClN2. The SMILES string of the molecule is CNCCC#Cc1cc(C)c(N)c(Cl)c1. The minimum atomic E-state index is 0.577. The van der Waals surface area contributed by atoms with Gasteiger partial charge in [0.05, 0.1) is 10.7 Å². The first-order valence-corrected chi connectivity index (χ1v) is 5.22. The molecule has 0 aromatic heterocycles. The number of rotatable bonds is 2. The Kier molecular flexibility index (Phi) is 4.48. The van der Waals surface area contributed by atoms with Crippen LogP contribution in [0.2, 0.25) is 5.02 Å². The van der Waals surface area contributed by atoms with E-state index in [4.69, 9.17) is 17.3 Å². The molecule has 3 heteroatoms. The molecule has 0 bridgehead atoms. The number of hydrogen-bond donors (Lipinski definition) is 2.